The molecule has 2 rings (SSSR count). The summed E-state index contributed by atoms with van der Waals surface area (Å²) in [7, 11) is 1.62. The van der Waals surface area contributed by atoms with E-state index in [0.717, 1.165) is 11.3 Å². The highest BCUT2D eigenvalue weighted by molar-refractivity contribution is 6.33. The molecule has 0 aliphatic carbocycles. The Balaban J connectivity index is 0.00000312. The van der Waals surface area contributed by atoms with Gasteiger partial charge in [0.15, 0.2) is 0 Å². The molecule has 0 aromatic heterocycles. The third kappa shape index (κ3) is 6.25. The highest BCUT2D eigenvalue weighted by Crippen LogP contribution is 2.26. The average Bonchev–Trinajstić information content (AvgIpc) is 2.55. The number of anilines is 1. The fourth-order valence-corrected chi connectivity index (χ4v) is 2.59. The van der Waals surface area contributed by atoms with E-state index in [9.17, 15) is 10.1 Å². The number of benzene rings is 2. The summed E-state index contributed by atoms with van der Waals surface area (Å²) >= 11 is 12.0. The van der Waals surface area contributed by atoms with Gasteiger partial charge in [-0.25, -0.2) is 0 Å². The second-order valence-corrected chi connectivity index (χ2v) is 5.82. The molecule has 0 saturated heterocycles. The molecule has 6 nitrogen and oxygen atoms in total. The maximum atomic E-state index is 10.7. The highest BCUT2D eigenvalue weighted by Gasteiger charge is 2.09. The Hall–Kier alpha value is -1.73. The monoisotopic (exact) mass is 405 g/mol. The lowest BCUT2D eigenvalue weighted by Crippen LogP contribution is -2.22. The van der Waals surface area contributed by atoms with Gasteiger partial charge in [0, 0.05) is 42.4 Å². The summed E-state index contributed by atoms with van der Waals surface area (Å²) in [4.78, 5) is 10.2. The minimum atomic E-state index is -0.477. The lowest BCUT2D eigenvalue weighted by molar-refractivity contribution is -0.384. The zero-order valence-corrected chi connectivity index (χ0v) is 15.7. The number of rotatable bonds is 8. The Morgan fingerprint density at radius 3 is 2.56 bits per heavy atom. The van der Waals surface area contributed by atoms with E-state index in [1.165, 1.54) is 12.1 Å². The first-order valence-corrected chi connectivity index (χ1v) is 7.98. The summed E-state index contributed by atoms with van der Waals surface area (Å²) in [6, 6.07) is 9.80. The molecule has 0 radical (unpaired) electrons. The second-order valence-electron chi connectivity index (χ2n) is 4.98. The minimum Gasteiger partial charge on any atom is -0.496 e. The topological polar surface area (TPSA) is 76.4 Å². The van der Waals surface area contributed by atoms with Gasteiger partial charge < -0.3 is 15.4 Å². The number of nitrogens with one attached hydrogen (secondary N) is 2. The Labute approximate surface area is 162 Å². The summed E-state index contributed by atoms with van der Waals surface area (Å²) < 4.78 is 5.29. The van der Waals surface area contributed by atoms with Gasteiger partial charge in [0.1, 0.15) is 5.75 Å². The molecule has 9 heteroatoms. The maximum absolute atomic E-state index is 10.7. The van der Waals surface area contributed by atoms with E-state index in [1.54, 1.807) is 19.2 Å². The van der Waals surface area contributed by atoms with Crippen LogP contribution in [0.5, 0.6) is 5.75 Å². The molecular formula is C16H18Cl3N3O3. The van der Waals surface area contributed by atoms with E-state index in [4.69, 9.17) is 27.9 Å². The fourth-order valence-electron chi connectivity index (χ4n) is 2.15. The zero-order valence-electron chi connectivity index (χ0n) is 13.4. The lowest BCUT2D eigenvalue weighted by Gasteiger charge is -2.11. The summed E-state index contributed by atoms with van der Waals surface area (Å²) in [6.45, 7) is 1.89. The number of non-ortho nitro benzene ring substituents is 1. The molecule has 2 N–H and O–H groups in total. The lowest BCUT2D eigenvalue weighted by atomic mass is 10.2. The van der Waals surface area contributed by atoms with Gasteiger partial charge >= 0.3 is 0 Å². The SMILES string of the molecule is COc1ccc(Cl)cc1CNCCNc1ccc([N+](=O)[O-])cc1Cl.Cl. The Kier molecular flexibility index (Phi) is 8.78. The molecule has 0 amide bonds. The first-order valence-electron chi connectivity index (χ1n) is 7.22. The Morgan fingerprint density at radius 1 is 1.16 bits per heavy atom. The minimum absolute atomic E-state index is 0. The number of ether oxygens (including phenoxy) is 1. The van der Waals surface area contributed by atoms with E-state index in [0.29, 0.717) is 35.4 Å². The molecule has 0 atom stereocenters. The van der Waals surface area contributed by atoms with E-state index >= 15 is 0 Å². The van der Waals surface area contributed by atoms with Gasteiger partial charge in [-0.2, -0.15) is 0 Å². The van der Waals surface area contributed by atoms with Gasteiger partial charge in [-0.15, -0.1) is 12.4 Å². The van der Waals surface area contributed by atoms with Crippen molar-refractivity contribution >= 4 is 47.0 Å². The van der Waals surface area contributed by atoms with Crippen LogP contribution in [0.4, 0.5) is 11.4 Å². The molecular weight excluding hydrogens is 389 g/mol. The number of nitro groups is 1. The van der Waals surface area contributed by atoms with Crippen molar-refractivity contribution in [1.82, 2.24) is 5.32 Å². The summed E-state index contributed by atoms with van der Waals surface area (Å²) in [6.07, 6.45) is 0. The molecule has 0 unspecified atom stereocenters. The van der Waals surface area contributed by atoms with Crippen LogP contribution >= 0.6 is 35.6 Å². The highest BCUT2D eigenvalue weighted by atomic mass is 35.5. The third-order valence-electron chi connectivity index (χ3n) is 3.34. The van der Waals surface area contributed by atoms with Crippen LogP contribution in [0.3, 0.4) is 0 Å². The van der Waals surface area contributed by atoms with Crippen LogP contribution in [-0.2, 0) is 6.54 Å². The van der Waals surface area contributed by atoms with Gasteiger partial charge in [0.2, 0.25) is 0 Å². The van der Waals surface area contributed by atoms with E-state index in [1.807, 2.05) is 12.1 Å². The summed E-state index contributed by atoms with van der Waals surface area (Å²) in [5.74, 6) is 0.776. The number of hydrogen-bond donors (Lipinski definition) is 2. The van der Waals surface area contributed by atoms with Crippen LogP contribution in [0.25, 0.3) is 0 Å². The van der Waals surface area contributed by atoms with E-state index in [-0.39, 0.29) is 18.1 Å². The molecule has 0 saturated carbocycles. The molecule has 0 aliphatic rings. The van der Waals surface area contributed by atoms with Crippen molar-refractivity contribution in [2.45, 2.75) is 6.54 Å². The predicted molar refractivity (Wildman–Crippen MR) is 104 cm³/mol. The van der Waals surface area contributed by atoms with Crippen LogP contribution in [0.15, 0.2) is 36.4 Å². The van der Waals surface area contributed by atoms with Crippen molar-refractivity contribution < 1.29 is 9.66 Å². The van der Waals surface area contributed by atoms with Gasteiger partial charge in [-0.05, 0) is 24.3 Å². The van der Waals surface area contributed by atoms with Gasteiger partial charge in [0.25, 0.3) is 5.69 Å². The van der Waals surface area contributed by atoms with Crippen LogP contribution < -0.4 is 15.4 Å². The molecule has 136 valence electrons. The molecule has 2 aromatic carbocycles. The quantitative estimate of drug-likeness (QED) is 0.382. The van der Waals surface area contributed by atoms with E-state index < -0.39 is 4.92 Å². The smallest absolute Gasteiger partial charge is 0.271 e. The van der Waals surface area contributed by atoms with Gasteiger partial charge in [0.05, 0.1) is 22.7 Å². The predicted octanol–water partition coefficient (Wildman–Crippen LogP) is 4.53. The average molecular weight is 407 g/mol. The largest absolute Gasteiger partial charge is 0.496 e. The van der Waals surface area contributed by atoms with Gasteiger partial charge in [-0.3, -0.25) is 10.1 Å². The Morgan fingerprint density at radius 2 is 1.92 bits per heavy atom. The summed E-state index contributed by atoms with van der Waals surface area (Å²) in [5.41, 5.74) is 1.60. The second kappa shape index (κ2) is 10.3. The third-order valence-corrected chi connectivity index (χ3v) is 3.89. The molecule has 0 spiro atoms. The summed E-state index contributed by atoms with van der Waals surface area (Å²) in [5, 5.41) is 18.0. The van der Waals surface area contributed by atoms with Crippen LogP contribution in [0.2, 0.25) is 10.0 Å². The maximum Gasteiger partial charge on any atom is 0.271 e. The van der Waals surface area contributed by atoms with Crippen LogP contribution in [0.1, 0.15) is 5.56 Å². The molecule has 0 fully saturated rings. The molecule has 25 heavy (non-hydrogen) atoms. The normalized spacial score (nSPS) is 10.0. The number of methoxy groups -OCH3 is 1. The number of nitrogens with zero attached hydrogens (tertiary/aromatic N) is 1. The van der Waals surface area contributed by atoms with E-state index in [2.05, 4.69) is 10.6 Å². The molecule has 0 aliphatic heterocycles. The molecule has 0 bridgehead atoms. The van der Waals surface area contributed by atoms with Crippen molar-refractivity contribution in [2.24, 2.45) is 0 Å². The molecule has 2 aromatic rings. The van der Waals surface area contributed by atoms with Crippen LogP contribution in [0, 0.1) is 10.1 Å². The fraction of sp³-hybridized carbons (Fsp3) is 0.250. The van der Waals surface area contributed by atoms with Crippen molar-refractivity contribution in [1.29, 1.82) is 0 Å². The number of halogens is 3. The van der Waals surface area contributed by atoms with Crippen molar-refractivity contribution in [2.75, 3.05) is 25.5 Å². The number of hydrogen-bond acceptors (Lipinski definition) is 5. The van der Waals surface area contributed by atoms with Gasteiger partial charge in [-0.1, -0.05) is 23.2 Å². The van der Waals surface area contributed by atoms with Crippen molar-refractivity contribution in [3.63, 3.8) is 0 Å². The number of nitro benzene ring substituents is 1. The Bertz CT molecular complexity index is 729. The standard InChI is InChI=1S/C16H17Cl2N3O3.ClH/c1-24-16-5-2-12(17)8-11(16)10-19-6-7-20-15-4-3-13(21(22)23)9-14(15)18;/h2-5,8-9,19-20H,6-7,10H2,1H3;1H. The zero-order chi connectivity index (χ0) is 17.5. The first-order chi connectivity index (χ1) is 11.5. The van der Waals surface area contributed by atoms with Crippen molar-refractivity contribution in [3.05, 3.63) is 62.1 Å². The molecule has 0 heterocycles. The van der Waals surface area contributed by atoms with Crippen LogP contribution in [-0.4, -0.2) is 25.1 Å². The van der Waals surface area contributed by atoms with Crippen molar-refractivity contribution in [3.8, 4) is 5.75 Å². The first kappa shape index (κ1) is 21.3.